The van der Waals surface area contributed by atoms with Crippen LogP contribution in [0.2, 0.25) is 0 Å². The van der Waals surface area contributed by atoms with Gasteiger partial charge in [-0.3, -0.25) is 9.59 Å². The highest BCUT2D eigenvalue weighted by molar-refractivity contribution is 7.09. The third-order valence-corrected chi connectivity index (χ3v) is 5.43. The zero-order chi connectivity index (χ0) is 16.9. The van der Waals surface area contributed by atoms with Gasteiger partial charge in [-0.1, -0.05) is 6.07 Å². The van der Waals surface area contributed by atoms with Crippen LogP contribution in [-0.2, 0) is 6.42 Å². The summed E-state index contributed by atoms with van der Waals surface area (Å²) in [7, 11) is 0. The van der Waals surface area contributed by atoms with Crippen LogP contribution in [0, 0.1) is 6.92 Å². The van der Waals surface area contributed by atoms with Gasteiger partial charge in [-0.2, -0.15) is 0 Å². The number of hydrogen-bond acceptors (Lipinski definition) is 4. The summed E-state index contributed by atoms with van der Waals surface area (Å²) < 4.78 is 1.74. The number of carbonyl (C=O) groups excluding carboxylic acids is 1. The van der Waals surface area contributed by atoms with Crippen LogP contribution in [-0.4, -0.2) is 30.1 Å². The second-order valence-corrected chi connectivity index (χ2v) is 7.18. The summed E-state index contributed by atoms with van der Waals surface area (Å²) in [5, 5.41) is 8.22. The molecule has 1 amide bonds. The van der Waals surface area contributed by atoms with Gasteiger partial charge in [0.2, 0.25) is 0 Å². The Morgan fingerprint density at radius 1 is 1.36 bits per heavy atom. The highest BCUT2D eigenvalue weighted by Gasteiger charge is 2.21. The second kappa shape index (κ2) is 9.17. The Balaban J connectivity index is 0.00000225. The van der Waals surface area contributed by atoms with Crippen LogP contribution in [0.3, 0.4) is 0 Å². The number of pyridine rings is 1. The molecule has 0 aliphatic carbocycles. The van der Waals surface area contributed by atoms with E-state index in [4.69, 9.17) is 0 Å². The monoisotopic (exact) mass is 381 g/mol. The summed E-state index contributed by atoms with van der Waals surface area (Å²) in [5.74, 6) is -0.266. The molecular weight excluding hydrogens is 358 g/mol. The third-order valence-electron chi connectivity index (χ3n) is 4.49. The van der Waals surface area contributed by atoms with Crippen LogP contribution in [0.15, 0.2) is 34.6 Å². The van der Waals surface area contributed by atoms with Crippen LogP contribution in [0.4, 0.5) is 0 Å². The van der Waals surface area contributed by atoms with Gasteiger partial charge in [0.15, 0.2) is 0 Å². The van der Waals surface area contributed by atoms with Gasteiger partial charge in [-0.05, 0) is 62.4 Å². The summed E-state index contributed by atoms with van der Waals surface area (Å²) in [6.45, 7) is 4.18. The summed E-state index contributed by atoms with van der Waals surface area (Å²) in [6, 6.07) is 6.10. The predicted molar refractivity (Wildman–Crippen MR) is 104 cm³/mol. The van der Waals surface area contributed by atoms with Crippen molar-refractivity contribution in [2.45, 2.75) is 32.2 Å². The zero-order valence-electron chi connectivity index (χ0n) is 14.3. The van der Waals surface area contributed by atoms with Gasteiger partial charge in [-0.15, -0.1) is 23.7 Å². The molecule has 0 aromatic carbocycles. The first-order chi connectivity index (χ1) is 11.7. The summed E-state index contributed by atoms with van der Waals surface area (Å²) >= 11 is 1.67. The number of halogens is 1. The fraction of sp³-hybridized carbons (Fsp3) is 0.444. The minimum absolute atomic E-state index is 0. The number of thiophene rings is 1. The lowest BCUT2D eigenvalue weighted by atomic mass is 10.0. The van der Waals surface area contributed by atoms with Crippen molar-refractivity contribution in [1.29, 1.82) is 0 Å². The molecule has 2 aromatic heterocycles. The van der Waals surface area contributed by atoms with E-state index in [-0.39, 0.29) is 35.5 Å². The van der Waals surface area contributed by atoms with Crippen LogP contribution in [0.5, 0.6) is 0 Å². The van der Waals surface area contributed by atoms with E-state index in [1.165, 1.54) is 4.88 Å². The van der Waals surface area contributed by atoms with Crippen LogP contribution >= 0.6 is 23.7 Å². The van der Waals surface area contributed by atoms with Crippen LogP contribution in [0.25, 0.3) is 0 Å². The quantitative estimate of drug-likeness (QED) is 0.836. The molecule has 3 heterocycles. The molecule has 2 N–H and O–H groups in total. The number of piperidine rings is 1. The lowest BCUT2D eigenvalue weighted by Crippen LogP contribution is -2.38. The third kappa shape index (κ3) is 4.71. The van der Waals surface area contributed by atoms with Gasteiger partial charge in [-0.25, -0.2) is 0 Å². The van der Waals surface area contributed by atoms with Gasteiger partial charge < -0.3 is 15.2 Å². The highest BCUT2D eigenvalue weighted by atomic mass is 35.5. The SMILES string of the molecule is Cc1ccn(C2CCNCC2)c(=O)c1C(=O)NCCc1cccs1.Cl. The molecule has 3 rings (SSSR count). The molecule has 25 heavy (non-hydrogen) atoms. The van der Waals surface area contributed by atoms with Crippen molar-refractivity contribution in [1.82, 2.24) is 15.2 Å². The maximum Gasteiger partial charge on any atom is 0.263 e. The van der Waals surface area contributed by atoms with Gasteiger partial charge in [0, 0.05) is 23.7 Å². The first-order valence-corrected chi connectivity index (χ1v) is 9.28. The highest BCUT2D eigenvalue weighted by Crippen LogP contribution is 2.17. The Morgan fingerprint density at radius 3 is 2.80 bits per heavy atom. The number of amides is 1. The summed E-state index contributed by atoms with van der Waals surface area (Å²) in [6.07, 6.45) is 4.46. The Morgan fingerprint density at radius 2 is 2.12 bits per heavy atom. The molecule has 0 unspecified atom stereocenters. The Bertz CT molecular complexity index is 752. The molecule has 0 radical (unpaired) electrons. The molecule has 0 atom stereocenters. The minimum atomic E-state index is -0.266. The number of nitrogens with zero attached hydrogens (tertiary/aromatic N) is 1. The Labute approximate surface area is 157 Å². The smallest absolute Gasteiger partial charge is 0.263 e. The molecule has 1 fully saturated rings. The largest absolute Gasteiger partial charge is 0.351 e. The molecule has 1 aliphatic heterocycles. The van der Waals surface area contributed by atoms with Crippen molar-refractivity contribution in [2.24, 2.45) is 0 Å². The number of nitrogens with one attached hydrogen (secondary N) is 2. The maximum absolute atomic E-state index is 12.8. The first kappa shape index (κ1) is 19.7. The van der Waals surface area contributed by atoms with Crippen molar-refractivity contribution >= 4 is 29.7 Å². The first-order valence-electron chi connectivity index (χ1n) is 8.40. The number of carbonyl (C=O) groups is 1. The van der Waals surface area contributed by atoms with Gasteiger partial charge in [0.25, 0.3) is 11.5 Å². The molecule has 0 saturated carbocycles. The number of hydrogen-bond donors (Lipinski definition) is 2. The molecular formula is C18H24ClN3O2S. The molecule has 5 nitrogen and oxygen atoms in total. The molecule has 1 saturated heterocycles. The molecule has 7 heteroatoms. The van der Waals surface area contributed by atoms with E-state index >= 15 is 0 Å². The number of aromatic nitrogens is 1. The van der Waals surface area contributed by atoms with E-state index in [1.54, 1.807) is 15.9 Å². The van der Waals surface area contributed by atoms with E-state index in [9.17, 15) is 9.59 Å². The Kier molecular flexibility index (Phi) is 7.23. The van der Waals surface area contributed by atoms with E-state index in [0.717, 1.165) is 37.9 Å². The van der Waals surface area contributed by atoms with Crippen molar-refractivity contribution in [3.8, 4) is 0 Å². The second-order valence-electron chi connectivity index (χ2n) is 6.15. The normalized spacial score (nSPS) is 14.8. The van der Waals surface area contributed by atoms with Crippen molar-refractivity contribution < 1.29 is 4.79 Å². The number of aryl methyl sites for hydroxylation is 1. The average molecular weight is 382 g/mol. The van der Waals surface area contributed by atoms with Gasteiger partial charge >= 0.3 is 0 Å². The molecule has 0 bridgehead atoms. The molecule has 2 aromatic rings. The maximum atomic E-state index is 12.8. The van der Waals surface area contributed by atoms with E-state index in [2.05, 4.69) is 16.7 Å². The predicted octanol–water partition coefficient (Wildman–Crippen LogP) is 2.54. The molecule has 0 spiro atoms. The minimum Gasteiger partial charge on any atom is -0.351 e. The molecule has 1 aliphatic rings. The van der Waals surface area contributed by atoms with E-state index < -0.39 is 0 Å². The van der Waals surface area contributed by atoms with Gasteiger partial charge in [0.05, 0.1) is 0 Å². The lowest BCUT2D eigenvalue weighted by molar-refractivity contribution is 0.0951. The lowest BCUT2D eigenvalue weighted by Gasteiger charge is -2.25. The average Bonchev–Trinajstić information content (AvgIpc) is 3.09. The Hall–Kier alpha value is -1.63. The van der Waals surface area contributed by atoms with Crippen molar-refractivity contribution in [2.75, 3.05) is 19.6 Å². The van der Waals surface area contributed by atoms with Crippen molar-refractivity contribution in [3.63, 3.8) is 0 Å². The number of rotatable bonds is 5. The van der Waals surface area contributed by atoms with E-state index in [0.29, 0.717) is 6.54 Å². The van der Waals surface area contributed by atoms with Crippen molar-refractivity contribution in [3.05, 3.63) is 56.1 Å². The van der Waals surface area contributed by atoms with E-state index in [1.807, 2.05) is 30.6 Å². The zero-order valence-corrected chi connectivity index (χ0v) is 15.9. The fourth-order valence-electron chi connectivity index (χ4n) is 3.13. The fourth-order valence-corrected chi connectivity index (χ4v) is 3.84. The van der Waals surface area contributed by atoms with Crippen LogP contribution in [0.1, 0.15) is 39.7 Å². The topological polar surface area (TPSA) is 63.1 Å². The van der Waals surface area contributed by atoms with Crippen LogP contribution < -0.4 is 16.2 Å². The summed E-state index contributed by atoms with van der Waals surface area (Å²) in [5.41, 5.74) is 0.844. The van der Waals surface area contributed by atoms with Gasteiger partial charge in [0.1, 0.15) is 5.56 Å². The standard InChI is InChI=1S/C18H23N3O2S.ClH/c1-13-7-11-21(14-4-8-19-9-5-14)18(23)16(13)17(22)20-10-6-15-3-2-12-24-15;/h2-3,7,11-12,14,19H,4-6,8-10H2,1H3,(H,20,22);1H. The molecule has 136 valence electrons. The summed E-state index contributed by atoms with van der Waals surface area (Å²) in [4.78, 5) is 26.6.